The van der Waals surface area contributed by atoms with E-state index in [1.165, 1.54) is 6.26 Å². The van der Waals surface area contributed by atoms with Crippen LogP contribution in [0.5, 0.6) is 0 Å². The number of nitrogens with two attached hydrogens (primary N) is 1. The summed E-state index contributed by atoms with van der Waals surface area (Å²) in [5, 5.41) is 0. The van der Waals surface area contributed by atoms with E-state index >= 15 is 0 Å². The van der Waals surface area contributed by atoms with Gasteiger partial charge >= 0.3 is 5.91 Å². The minimum Gasteiger partial charge on any atom is -0.459 e. The summed E-state index contributed by atoms with van der Waals surface area (Å²) in [6, 6.07) is 1.68. The maximum atomic E-state index is 11.3. The van der Waals surface area contributed by atoms with Crippen molar-refractivity contribution in [2.24, 2.45) is 5.84 Å². The second kappa shape index (κ2) is 7.05. The van der Waals surface area contributed by atoms with Gasteiger partial charge in [-0.3, -0.25) is 10.2 Å². The molecule has 0 saturated heterocycles. The van der Waals surface area contributed by atoms with Crippen molar-refractivity contribution >= 4 is 5.91 Å². The maximum absolute atomic E-state index is 11.3. The predicted octanol–water partition coefficient (Wildman–Crippen LogP) is 0.825. The van der Waals surface area contributed by atoms with Gasteiger partial charge in [0.15, 0.2) is 5.76 Å². The lowest BCUT2D eigenvalue weighted by Crippen LogP contribution is -2.30. The van der Waals surface area contributed by atoms with E-state index in [1.54, 1.807) is 6.07 Å². The van der Waals surface area contributed by atoms with Crippen LogP contribution in [0.25, 0.3) is 0 Å². The Labute approximate surface area is 100 Å². The number of carbonyl (C=O) groups is 1. The molecule has 0 radical (unpaired) electrons. The summed E-state index contributed by atoms with van der Waals surface area (Å²) in [5.41, 5.74) is 2.68. The molecule has 1 atom stereocenters. The first-order valence-electron chi connectivity index (χ1n) is 5.45. The number of nitrogens with one attached hydrogen (secondary N) is 1. The van der Waals surface area contributed by atoms with Crippen LogP contribution in [-0.2, 0) is 16.1 Å². The molecule has 0 aromatic carbocycles. The molecular formula is C11H18N2O4. The highest BCUT2D eigenvalue weighted by atomic mass is 16.5. The van der Waals surface area contributed by atoms with Gasteiger partial charge in [0, 0.05) is 12.2 Å². The molecule has 1 unspecified atom stereocenters. The molecule has 0 bridgehead atoms. The van der Waals surface area contributed by atoms with Gasteiger partial charge in [-0.15, -0.1) is 0 Å². The van der Waals surface area contributed by atoms with Crippen molar-refractivity contribution in [1.82, 2.24) is 5.43 Å². The van der Waals surface area contributed by atoms with E-state index in [0.717, 1.165) is 0 Å². The lowest BCUT2D eigenvalue weighted by molar-refractivity contribution is -0.0120. The summed E-state index contributed by atoms with van der Waals surface area (Å²) in [4.78, 5) is 11.3. The summed E-state index contributed by atoms with van der Waals surface area (Å²) >= 11 is 0. The molecule has 0 spiro atoms. The number of carbonyl (C=O) groups excluding carboxylic acids is 1. The topological polar surface area (TPSA) is 86.7 Å². The van der Waals surface area contributed by atoms with Gasteiger partial charge < -0.3 is 13.9 Å². The number of amides is 1. The first kappa shape index (κ1) is 13.7. The van der Waals surface area contributed by atoms with Crippen LogP contribution in [0, 0.1) is 0 Å². The number of furan rings is 1. The number of hydrazine groups is 1. The summed E-state index contributed by atoms with van der Waals surface area (Å²) in [5.74, 6) is 4.74. The Morgan fingerprint density at radius 2 is 2.41 bits per heavy atom. The van der Waals surface area contributed by atoms with E-state index < -0.39 is 5.91 Å². The van der Waals surface area contributed by atoms with Crippen LogP contribution in [0.2, 0.25) is 0 Å². The maximum Gasteiger partial charge on any atom is 0.301 e. The molecule has 96 valence electrons. The Kier molecular flexibility index (Phi) is 5.68. The molecule has 1 aromatic heterocycles. The van der Waals surface area contributed by atoms with Crippen molar-refractivity contribution in [2.75, 3.05) is 13.2 Å². The van der Waals surface area contributed by atoms with E-state index in [9.17, 15) is 4.79 Å². The molecule has 17 heavy (non-hydrogen) atoms. The summed E-state index contributed by atoms with van der Waals surface area (Å²) in [7, 11) is 0. The van der Waals surface area contributed by atoms with Crippen molar-refractivity contribution in [3.8, 4) is 0 Å². The fourth-order valence-electron chi connectivity index (χ4n) is 1.28. The molecule has 1 aromatic rings. The van der Waals surface area contributed by atoms with Crippen molar-refractivity contribution in [3.05, 3.63) is 23.7 Å². The fourth-order valence-corrected chi connectivity index (χ4v) is 1.28. The molecule has 0 saturated carbocycles. The van der Waals surface area contributed by atoms with Crippen LogP contribution in [0.4, 0.5) is 0 Å². The molecular weight excluding hydrogens is 224 g/mol. The molecule has 3 N–H and O–H groups in total. The largest absolute Gasteiger partial charge is 0.459 e. The zero-order chi connectivity index (χ0) is 12.7. The van der Waals surface area contributed by atoms with E-state index in [0.29, 0.717) is 18.8 Å². The summed E-state index contributed by atoms with van der Waals surface area (Å²) in [6.45, 7) is 5.28. The normalized spacial score (nSPS) is 12.4. The zero-order valence-corrected chi connectivity index (χ0v) is 10.1. The van der Waals surface area contributed by atoms with Crippen molar-refractivity contribution in [3.63, 3.8) is 0 Å². The Bertz CT molecular complexity index is 351. The third-order valence-corrected chi connectivity index (χ3v) is 2.16. The van der Waals surface area contributed by atoms with Gasteiger partial charge in [-0.05, 0) is 19.9 Å². The van der Waals surface area contributed by atoms with Crippen molar-refractivity contribution < 1.29 is 18.7 Å². The van der Waals surface area contributed by atoms with Gasteiger partial charge in [0.2, 0.25) is 0 Å². The first-order chi connectivity index (χ1) is 8.19. The quantitative estimate of drug-likeness (QED) is 0.420. The first-order valence-corrected chi connectivity index (χ1v) is 5.45. The van der Waals surface area contributed by atoms with Gasteiger partial charge in [0.1, 0.15) is 0 Å². The lowest BCUT2D eigenvalue weighted by atomic mass is 10.2. The fraction of sp³-hybridized carbons (Fsp3) is 0.545. The molecule has 0 aliphatic heterocycles. The third-order valence-electron chi connectivity index (χ3n) is 2.16. The number of hydrogen-bond acceptors (Lipinski definition) is 5. The van der Waals surface area contributed by atoms with Crippen LogP contribution < -0.4 is 11.3 Å². The smallest absolute Gasteiger partial charge is 0.301 e. The SMILES string of the molecule is CCOCC(C)OCc1ccoc1C(=O)NN. The van der Waals surface area contributed by atoms with Crippen LogP contribution >= 0.6 is 0 Å². The Balaban J connectivity index is 2.46. The van der Waals surface area contributed by atoms with E-state index in [1.807, 2.05) is 19.3 Å². The highest BCUT2D eigenvalue weighted by molar-refractivity contribution is 5.92. The van der Waals surface area contributed by atoms with E-state index in [2.05, 4.69) is 0 Å². The molecule has 0 fully saturated rings. The molecule has 1 rings (SSSR count). The Hall–Kier alpha value is -1.37. The van der Waals surface area contributed by atoms with E-state index in [-0.39, 0.29) is 18.5 Å². The van der Waals surface area contributed by atoms with Gasteiger partial charge in [0.05, 0.1) is 25.6 Å². The highest BCUT2D eigenvalue weighted by Crippen LogP contribution is 2.12. The van der Waals surface area contributed by atoms with Crippen LogP contribution in [0.15, 0.2) is 16.7 Å². The van der Waals surface area contributed by atoms with Crippen LogP contribution in [-0.4, -0.2) is 25.2 Å². The monoisotopic (exact) mass is 242 g/mol. The van der Waals surface area contributed by atoms with Gasteiger partial charge in [-0.25, -0.2) is 5.84 Å². The molecule has 0 aliphatic rings. The standard InChI is InChI=1S/C11H18N2O4/c1-3-15-6-8(2)17-7-9-4-5-16-10(9)11(14)13-12/h4-5,8H,3,6-7,12H2,1-2H3,(H,13,14). The van der Waals surface area contributed by atoms with E-state index in [4.69, 9.17) is 19.7 Å². The van der Waals surface area contributed by atoms with Gasteiger partial charge in [-0.1, -0.05) is 0 Å². The number of nitrogen functional groups attached to an aromatic ring is 1. The zero-order valence-electron chi connectivity index (χ0n) is 10.1. The average Bonchev–Trinajstić information content (AvgIpc) is 2.81. The lowest BCUT2D eigenvalue weighted by Gasteiger charge is -2.12. The average molecular weight is 242 g/mol. The molecule has 6 nitrogen and oxygen atoms in total. The minimum atomic E-state index is -0.467. The molecule has 1 heterocycles. The number of hydrogen-bond donors (Lipinski definition) is 2. The Morgan fingerprint density at radius 1 is 1.65 bits per heavy atom. The summed E-state index contributed by atoms with van der Waals surface area (Å²) in [6.07, 6.45) is 1.38. The number of rotatable bonds is 7. The van der Waals surface area contributed by atoms with Crippen molar-refractivity contribution in [2.45, 2.75) is 26.6 Å². The predicted molar refractivity (Wildman–Crippen MR) is 61.1 cm³/mol. The second-order valence-electron chi connectivity index (χ2n) is 3.53. The molecule has 6 heteroatoms. The van der Waals surface area contributed by atoms with Gasteiger partial charge in [-0.2, -0.15) is 0 Å². The Morgan fingerprint density at radius 3 is 3.06 bits per heavy atom. The van der Waals surface area contributed by atoms with Crippen molar-refractivity contribution in [1.29, 1.82) is 0 Å². The van der Waals surface area contributed by atoms with Gasteiger partial charge in [0.25, 0.3) is 0 Å². The minimum absolute atomic E-state index is 0.0429. The second-order valence-corrected chi connectivity index (χ2v) is 3.53. The van der Waals surface area contributed by atoms with Crippen LogP contribution in [0.3, 0.4) is 0 Å². The molecule has 0 aliphatic carbocycles. The molecule has 1 amide bonds. The van der Waals surface area contributed by atoms with Crippen LogP contribution in [0.1, 0.15) is 30.0 Å². The number of ether oxygens (including phenoxy) is 2. The summed E-state index contributed by atoms with van der Waals surface area (Å²) < 4.78 is 15.8. The highest BCUT2D eigenvalue weighted by Gasteiger charge is 2.15. The third kappa shape index (κ3) is 4.18.